The second-order valence-corrected chi connectivity index (χ2v) is 4.44. The summed E-state index contributed by atoms with van der Waals surface area (Å²) in [6, 6.07) is 7.37. The number of pyridine rings is 1. The zero-order valence-corrected chi connectivity index (χ0v) is 9.62. The van der Waals surface area contributed by atoms with Gasteiger partial charge in [-0.3, -0.25) is 4.98 Å². The summed E-state index contributed by atoms with van der Waals surface area (Å²) >= 11 is 1.29. The molecule has 0 unspecified atom stereocenters. The number of carboxylic acids is 1. The summed E-state index contributed by atoms with van der Waals surface area (Å²) in [4.78, 5) is 16.3. The largest absolute Gasteiger partial charge is 0.477 e. The predicted octanol–water partition coefficient (Wildman–Crippen LogP) is 3.07. The molecule has 0 aromatic carbocycles. The highest BCUT2D eigenvalue weighted by Crippen LogP contribution is 2.28. The van der Waals surface area contributed by atoms with Crippen LogP contribution in [-0.4, -0.2) is 16.1 Å². The van der Waals surface area contributed by atoms with Gasteiger partial charge in [0.25, 0.3) is 0 Å². The highest BCUT2D eigenvalue weighted by Gasteiger charge is 2.08. The quantitative estimate of drug-likeness (QED) is 0.886. The monoisotopic (exact) mass is 233 g/mol. The number of carbonyl (C=O) groups is 1. The van der Waals surface area contributed by atoms with Gasteiger partial charge in [-0.05, 0) is 36.2 Å². The molecule has 0 aliphatic heterocycles. The normalized spacial score (nSPS) is 10.3. The lowest BCUT2D eigenvalue weighted by atomic mass is 10.2. The minimum Gasteiger partial charge on any atom is -0.477 e. The molecule has 0 amide bonds. The van der Waals surface area contributed by atoms with Crippen LogP contribution in [0.3, 0.4) is 0 Å². The van der Waals surface area contributed by atoms with E-state index in [1.54, 1.807) is 12.3 Å². The lowest BCUT2D eigenvalue weighted by molar-refractivity contribution is 0.0702. The van der Waals surface area contributed by atoms with Crippen LogP contribution < -0.4 is 0 Å². The van der Waals surface area contributed by atoms with E-state index in [1.165, 1.54) is 11.3 Å². The third-order valence-corrected chi connectivity index (χ3v) is 3.40. The molecule has 0 saturated carbocycles. The van der Waals surface area contributed by atoms with Crippen LogP contribution in [0.4, 0.5) is 0 Å². The molecule has 1 N–H and O–H groups in total. The van der Waals surface area contributed by atoms with E-state index in [1.807, 2.05) is 25.1 Å². The molecule has 2 rings (SSSR count). The SMILES string of the molecule is CCc1cc(-c2ccc(C(=O)O)s2)ccn1. The van der Waals surface area contributed by atoms with Gasteiger partial charge in [-0.1, -0.05) is 6.92 Å². The Morgan fingerprint density at radius 1 is 1.44 bits per heavy atom. The Kier molecular flexibility index (Phi) is 3.01. The third kappa shape index (κ3) is 2.12. The molecule has 16 heavy (non-hydrogen) atoms. The molecule has 0 saturated heterocycles. The van der Waals surface area contributed by atoms with E-state index in [9.17, 15) is 4.79 Å². The summed E-state index contributed by atoms with van der Waals surface area (Å²) in [6.07, 6.45) is 2.64. The van der Waals surface area contributed by atoms with Crippen molar-refractivity contribution in [2.45, 2.75) is 13.3 Å². The number of hydrogen-bond acceptors (Lipinski definition) is 3. The molecule has 0 aliphatic carbocycles. The molecule has 0 spiro atoms. The summed E-state index contributed by atoms with van der Waals surface area (Å²) < 4.78 is 0. The van der Waals surface area contributed by atoms with E-state index in [2.05, 4.69) is 4.98 Å². The summed E-state index contributed by atoms with van der Waals surface area (Å²) in [5.41, 5.74) is 2.05. The second kappa shape index (κ2) is 4.45. The number of rotatable bonds is 3. The summed E-state index contributed by atoms with van der Waals surface area (Å²) in [5, 5.41) is 8.84. The molecule has 0 aliphatic rings. The van der Waals surface area contributed by atoms with Gasteiger partial charge < -0.3 is 5.11 Å². The standard InChI is InChI=1S/C12H11NO2S/c1-2-9-7-8(5-6-13-9)10-3-4-11(16-10)12(14)15/h3-7H,2H2,1H3,(H,14,15). The van der Waals surface area contributed by atoms with Crippen LogP contribution >= 0.6 is 11.3 Å². The van der Waals surface area contributed by atoms with Crippen molar-refractivity contribution < 1.29 is 9.90 Å². The number of hydrogen-bond donors (Lipinski definition) is 1. The summed E-state index contributed by atoms with van der Waals surface area (Å²) in [7, 11) is 0. The van der Waals surface area contributed by atoms with Crippen molar-refractivity contribution in [3.8, 4) is 10.4 Å². The lowest BCUT2D eigenvalue weighted by Gasteiger charge is -1.99. The second-order valence-electron chi connectivity index (χ2n) is 3.36. The van der Waals surface area contributed by atoms with Gasteiger partial charge in [0.05, 0.1) is 0 Å². The first-order valence-corrected chi connectivity index (χ1v) is 5.80. The Labute approximate surface area is 97.4 Å². The molecule has 2 aromatic rings. The van der Waals surface area contributed by atoms with Crippen LogP contribution in [-0.2, 0) is 6.42 Å². The van der Waals surface area contributed by atoms with Crippen LogP contribution in [0.15, 0.2) is 30.5 Å². The smallest absolute Gasteiger partial charge is 0.345 e. The number of nitrogens with zero attached hydrogens (tertiary/aromatic N) is 1. The first kappa shape index (κ1) is 10.8. The summed E-state index contributed by atoms with van der Waals surface area (Å²) in [6.45, 7) is 2.04. The molecular formula is C12H11NO2S. The van der Waals surface area contributed by atoms with Crippen molar-refractivity contribution in [3.05, 3.63) is 41.0 Å². The molecule has 3 nitrogen and oxygen atoms in total. The van der Waals surface area contributed by atoms with Crippen molar-refractivity contribution in [2.75, 3.05) is 0 Å². The fourth-order valence-corrected chi connectivity index (χ4v) is 2.27. The topological polar surface area (TPSA) is 50.2 Å². The van der Waals surface area contributed by atoms with Crippen molar-refractivity contribution in [2.24, 2.45) is 0 Å². The molecule has 2 heterocycles. The van der Waals surface area contributed by atoms with Crippen molar-refractivity contribution in [3.63, 3.8) is 0 Å². The van der Waals surface area contributed by atoms with Crippen LogP contribution in [0.1, 0.15) is 22.3 Å². The number of carboxylic acid groups (broad SMARTS) is 1. The Bertz CT molecular complexity index is 519. The zero-order chi connectivity index (χ0) is 11.5. The first-order valence-electron chi connectivity index (χ1n) is 4.99. The Hall–Kier alpha value is -1.68. The molecule has 82 valence electrons. The van der Waals surface area contributed by atoms with E-state index in [0.717, 1.165) is 22.6 Å². The summed E-state index contributed by atoms with van der Waals surface area (Å²) in [5.74, 6) is -0.874. The van der Waals surface area contributed by atoms with E-state index < -0.39 is 5.97 Å². The van der Waals surface area contributed by atoms with Gasteiger partial charge in [-0.2, -0.15) is 0 Å². The van der Waals surface area contributed by atoms with Crippen LogP contribution in [0.2, 0.25) is 0 Å². The van der Waals surface area contributed by atoms with Gasteiger partial charge in [0.2, 0.25) is 0 Å². The van der Waals surface area contributed by atoms with E-state index >= 15 is 0 Å². The fourth-order valence-electron chi connectivity index (χ4n) is 1.43. The minimum atomic E-state index is -0.874. The lowest BCUT2D eigenvalue weighted by Crippen LogP contribution is -1.89. The Morgan fingerprint density at radius 2 is 2.25 bits per heavy atom. The molecule has 0 atom stereocenters. The van der Waals surface area contributed by atoms with E-state index in [-0.39, 0.29) is 0 Å². The number of aromatic carboxylic acids is 1. The van der Waals surface area contributed by atoms with Crippen LogP contribution in [0.25, 0.3) is 10.4 Å². The molecule has 0 radical (unpaired) electrons. The maximum absolute atomic E-state index is 10.8. The van der Waals surface area contributed by atoms with Gasteiger partial charge in [-0.15, -0.1) is 11.3 Å². The number of aromatic nitrogens is 1. The third-order valence-electron chi connectivity index (χ3n) is 2.28. The molecule has 4 heteroatoms. The predicted molar refractivity (Wildman–Crippen MR) is 63.9 cm³/mol. The zero-order valence-electron chi connectivity index (χ0n) is 8.80. The Balaban J connectivity index is 2.38. The average Bonchev–Trinajstić information content (AvgIpc) is 2.78. The van der Waals surface area contributed by atoms with Crippen LogP contribution in [0.5, 0.6) is 0 Å². The van der Waals surface area contributed by atoms with Crippen molar-refractivity contribution in [1.29, 1.82) is 0 Å². The highest BCUT2D eigenvalue weighted by molar-refractivity contribution is 7.17. The van der Waals surface area contributed by atoms with Crippen LogP contribution in [0, 0.1) is 0 Å². The van der Waals surface area contributed by atoms with Gasteiger partial charge in [0.15, 0.2) is 0 Å². The Morgan fingerprint density at radius 3 is 2.88 bits per heavy atom. The molecular weight excluding hydrogens is 222 g/mol. The van der Waals surface area contributed by atoms with Gasteiger partial charge >= 0.3 is 5.97 Å². The van der Waals surface area contributed by atoms with Crippen molar-refractivity contribution in [1.82, 2.24) is 4.98 Å². The van der Waals surface area contributed by atoms with Gasteiger partial charge in [-0.25, -0.2) is 4.79 Å². The number of aryl methyl sites for hydroxylation is 1. The number of thiophene rings is 1. The fraction of sp³-hybridized carbons (Fsp3) is 0.167. The average molecular weight is 233 g/mol. The van der Waals surface area contributed by atoms with E-state index in [0.29, 0.717) is 4.88 Å². The molecule has 0 fully saturated rings. The highest BCUT2D eigenvalue weighted by atomic mass is 32.1. The van der Waals surface area contributed by atoms with Gasteiger partial charge in [0, 0.05) is 16.8 Å². The molecule has 0 bridgehead atoms. The molecule has 2 aromatic heterocycles. The maximum atomic E-state index is 10.8. The van der Waals surface area contributed by atoms with Crippen molar-refractivity contribution >= 4 is 17.3 Å². The first-order chi connectivity index (χ1) is 7.70. The maximum Gasteiger partial charge on any atom is 0.345 e. The van der Waals surface area contributed by atoms with E-state index in [4.69, 9.17) is 5.11 Å². The minimum absolute atomic E-state index is 0.366. The van der Waals surface area contributed by atoms with Gasteiger partial charge in [0.1, 0.15) is 4.88 Å².